The van der Waals surface area contributed by atoms with Crippen molar-refractivity contribution in [2.24, 2.45) is 5.92 Å². The van der Waals surface area contributed by atoms with E-state index in [0.717, 1.165) is 12.8 Å². The topological polar surface area (TPSA) is 69.6 Å². The van der Waals surface area contributed by atoms with Gasteiger partial charge in [-0.05, 0) is 33.1 Å². The van der Waals surface area contributed by atoms with Crippen molar-refractivity contribution in [3.8, 4) is 0 Å². The highest BCUT2D eigenvalue weighted by molar-refractivity contribution is 5.72. The highest BCUT2D eigenvalue weighted by atomic mass is 16.4. The van der Waals surface area contributed by atoms with Gasteiger partial charge in [0.25, 0.3) is 0 Å². The molecule has 1 aliphatic rings. The van der Waals surface area contributed by atoms with Crippen molar-refractivity contribution >= 4 is 5.97 Å². The van der Waals surface area contributed by atoms with E-state index in [2.05, 4.69) is 5.32 Å². The molecule has 0 aromatic heterocycles. The van der Waals surface area contributed by atoms with Gasteiger partial charge in [-0.15, -0.1) is 0 Å². The summed E-state index contributed by atoms with van der Waals surface area (Å²) in [4.78, 5) is 10.7. The van der Waals surface area contributed by atoms with Crippen LogP contribution >= 0.6 is 0 Å². The highest BCUT2D eigenvalue weighted by Crippen LogP contribution is 2.29. The van der Waals surface area contributed by atoms with E-state index in [0.29, 0.717) is 6.42 Å². The molecule has 0 bridgehead atoms. The maximum atomic E-state index is 10.7. The van der Waals surface area contributed by atoms with Gasteiger partial charge in [-0.25, -0.2) is 0 Å². The lowest BCUT2D eigenvalue weighted by Crippen LogP contribution is -2.55. The number of rotatable bonds is 5. The number of hydrogen-bond acceptors (Lipinski definition) is 3. The lowest BCUT2D eigenvalue weighted by atomic mass is 9.78. The normalized spacial score (nSPS) is 27.1. The van der Waals surface area contributed by atoms with Crippen LogP contribution in [0.2, 0.25) is 0 Å². The second-order valence-corrected chi connectivity index (χ2v) is 4.63. The van der Waals surface area contributed by atoms with Crippen LogP contribution in [-0.4, -0.2) is 34.4 Å². The van der Waals surface area contributed by atoms with Crippen LogP contribution in [-0.2, 0) is 4.79 Å². The molecule has 0 aromatic carbocycles. The molecule has 0 radical (unpaired) electrons. The average Bonchev–Trinajstić information content (AvgIpc) is 1.97. The molecular weight excluding hydrogens is 182 g/mol. The summed E-state index contributed by atoms with van der Waals surface area (Å²) in [6.07, 6.45) is 2.34. The zero-order valence-electron chi connectivity index (χ0n) is 8.79. The van der Waals surface area contributed by atoms with Gasteiger partial charge in [0.15, 0.2) is 0 Å². The number of carbonyl (C=O) groups is 1. The van der Waals surface area contributed by atoms with E-state index in [4.69, 9.17) is 10.2 Å². The van der Waals surface area contributed by atoms with Crippen molar-refractivity contribution in [2.45, 2.75) is 44.7 Å². The van der Waals surface area contributed by atoms with Gasteiger partial charge in [-0.3, -0.25) is 4.79 Å². The van der Waals surface area contributed by atoms with Crippen molar-refractivity contribution in [1.82, 2.24) is 5.32 Å². The van der Waals surface area contributed by atoms with Gasteiger partial charge in [0, 0.05) is 18.2 Å². The Morgan fingerprint density at radius 1 is 1.50 bits per heavy atom. The third kappa shape index (κ3) is 2.69. The molecule has 4 heteroatoms. The van der Waals surface area contributed by atoms with Gasteiger partial charge in [0.05, 0.1) is 5.92 Å². The summed E-state index contributed by atoms with van der Waals surface area (Å²) in [5.41, 5.74) is -0.173. The Morgan fingerprint density at radius 2 is 2.14 bits per heavy atom. The molecule has 0 saturated heterocycles. The number of aliphatic hydroxyl groups is 1. The van der Waals surface area contributed by atoms with Gasteiger partial charge >= 0.3 is 5.97 Å². The van der Waals surface area contributed by atoms with Crippen LogP contribution in [0.15, 0.2) is 0 Å². The fourth-order valence-electron chi connectivity index (χ4n) is 1.82. The number of hydrogen-bond donors (Lipinski definition) is 3. The second-order valence-electron chi connectivity index (χ2n) is 4.63. The molecule has 4 nitrogen and oxygen atoms in total. The summed E-state index contributed by atoms with van der Waals surface area (Å²) in [6.45, 7) is 4.10. The number of aliphatic hydroxyl groups excluding tert-OH is 1. The predicted molar refractivity (Wildman–Crippen MR) is 53.1 cm³/mol. The summed E-state index contributed by atoms with van der Waals surface area (Å²) in [5.74, 6) is -0.957. The summed E-state index contributed by atoms with van der Waals surface area (Å²) in [7, 11) is 0. The molecule has 2 atom stereocenters. The quantitative estimate of drug-likeness (QED) is 0.609. The molecule has 0 aromatic rings. The smallest absolute Gasteiger partial charge is 0.308 e. The van der Waals surface area contributed by atoms with E-state index in [1.807, 2.05) is 13.8 Å². The van der Waals surface area contributed by atoms with Gasteiger partial charge < -0.3 is 15.5 Å². The Balaban J connectivity index is 2.41. The largest absolute Gasteiger partial charge is 0.481 e. The van der Waals surface area contributed by atoms with Crippen molar-refractivity contribution in [3.63, 3.8) is 0 Å². The molecule has 0 spiro atoms. The fraction of sp³-hybridized carbons (Fsp3) is 0.900. The average molecular weight is 201 g/mol. The maximum Gasteiger partial charge on any atom is 0.308 e. The Bertz CT molecular complexity index is 215. The van der Waals surface area contributed by atoms with E-state index < -0.39 is 5.97 Å². The molecule has 0 heterocycles. The van der Waals surface area contributed by atoms with Crippen molar-refractivity contribution < 1.29 is 15.0 Å². The number of nitrogens with one attached hydrogen (secondary N) is 1. The van der Waals surface area contributed by atoms with Crippen LogP contribution in [0.25, 0.3) is 0 Å². The Hall–Kier alpha value is -0.610. The molecule has 1 rings (SSSR count). The minimum Gasteiger partial charge on any atom is -0.481 e. The highest BCUT2D eigenvalue weighted by Gasteiger charge is 2.38. The van der Waals surface area contributed by atoms with Crippen LogP contribution in [0.4, 0.5) is 0 Å². The number of carboxylic acid groups (broad SMARTS) is 1. The summed E-state index contributed by atoms with van der Waals surface area (Å²) in [6, 6.07) is 0.0778. The van der Waals surface area contributed by atoms with Gasteiger partial charge in [0.2, 0.25) is 0 Å². The van der Waals surface area contributed by atoms with Crippen LogP contribution < -0.4 is 5.32 Å². The zero-order valence-corrected chi connectivity index (χ0v) is 8.79. The predicted octanol–water partition coefficient (Wildman–Crippen LogP) is 0.600. The first-order chi connectivity index (χ1) is 6.46. The third-order valence-electron chi connectivity index (χ3n) is 2.90. The lowest BCUT2D eigenvalue weighted by molar-refractivity contribution is -0.146. The molecule has 1 aliphatic carbocycles. The molecule has 0 amide bonds. The molecule has 1 fully saturated rings. The molecule has 14 heavy (non-hydrogen) atoms. The van der Waals surface area contributed by atoms with E-state index in [1.54, 1.807) is 0 Å². The molecule has 82 valence electrons. The van der Waals surface area contributed by atoms with Gasteiger partial charge in [0.1, 0.15) is 0 Å². The summed E-state index contributed by atoms with van der Waals surface area (Å²) in [5, 5.41) is 20.9. The Morgan fingerprint density at radius 3 is 2.50 bits per heavy atom. The van der Waals surface area contributed by atoms with Crippen LogP contribution in [0.3, 0.4) is 0 Å². The van der Waals surface area contributed by atoms with Gasteiger partial charge in [-0.1, -0.05) is 0 Å². The second kappa shape index (κ2) is 4.28. The van der Waals surface area contributed by atoms with E-state index in [1.165, 1.54) is 0 Å². The number of carboxylic acids is 1. The van der Waals surface area contributed by atoms with Crippen LogP contribution in [0, 0.1) is 5.92 Å². The number of aliphatic carboxylic acids is 1. The van der Waals surface area contributed by atoms with E-state index in [-0.39, 0.29) is 24.1 Å². The monoisotopic (exact) mass is 201 g/mol. The van der Waals surface area contributed by atoms with Crippen molar-refractivity contribution in [2.75, 3.05) is 6.61 Å². The fourth-order valence-corrected chi connectivity index (χ4v) is 1.82. The van der Waals surface area contributed by atoms with Crippen LogP contribution in [0.5, 0.6) is 0 Å². The first-order valence-corrected chi connectivity index (χ1v) is 5.07. The third-order valence-corrected chi connectivity index (χ3v) is 2.90. The van der Waals surface area contributed by atoms with Crippen LogP contribution in [0.1, 0.15) is 33.1 Å². The van der Waals surface area contributed by atoms with Gasteiger partial charge in [-0.2, -0.15) is 0 Å². The maximum absolute atomic E-state index is 10.7. The van der Waals surface area contributed by atoms with E-state index >= 15 is 0 Å². The van der Waals surface area contributed by atoms with E-state index in [9.17, 15) is 4.79 Å². The molecule has 1 saturated carbocycles. The Kier molecular flexibility index (Phi) is 3.50. The van der Waals surface area contributed by atoms with Crippen molar-refractivity contribution in [3.05, 3.63) is 0 Å². The molecule has 0 aliphatic heterocycles. The summed E-state index contributed by atoms with van der Waals surface area (Å²) < 4.78 is 0. The standard InChI is InChI=1S/C10H19NO3/c1-10(2,5-6-12)11-8-4-3-7(8)9(13)14/h7-8,11-12H,3-6H2,1-2H3,(H,13,14). The lowest BCUT2D eigenvalue weighted by Gasteiger charge is -2.40. The molecule has 3 N–H and O–H groups in total. The molecular formula is C10H19NO3. The van der Waals surface area contributed by atoms with Crippen molar-refractivity contribution in [1.29, 1.82) is 0 Å². The minimum atomic E-state index is -0.714. The summed E-state index contributed by atoms with van der Waals surface area (Å²) >= 11 is 0. The SMILES string of the molecule is CC(C)(CCO)NC1CCC1C(=O)O. The Labute approximate surface area is 84.3 Å². The first-order valence-electron chi connectivity index (χ1n) is 5.07. The molecule has 2 unspecified atom stereocenters. The zero-order chi connectivity index (χ0) is 10.8. The first kappa shape index (κ1) is 11.5. The minimum absolute atomic E-state index is 0.0778.